The Labute approximate surface area is 142 Å². The predicted octanol–water partition coefficient (Wildman–Crippen LogP) is 3.44. The first-order chi connectivity index (χ1) is 11.1. The van der Waals surface area contributed by atoms with Crippen LogP contribution in [0.2, 0.25) is 0 Å². The van der Waals surface area contributed by atoms with E-state index in [4.69, 9.17) is 0 Å². The molecule has 0 saturated heterocycles. The molecule has 11 heteroatoms. The van der Waals surface area contributed by atoms with Crippen LogP contribution < -0.4 is 4.31 Å². The van der Waals surface area contributed by atoms with E-state index in [1.165, 1.54) is 0 Å². The van der Waals surface area contributed by atoms with Crippen molar-refractivity contribution in [3.05, 3.63) is 29.3 Å². The predicted molar refractivity (Wildman–Crippen MR) is 81.8 cm³/mol. The fourth-order valence-electron chi connectivity index (χ4n) is 2.10. The highest BCUT2D eigenvalue weighted by atomic mass is 32.2. The third kappa shape index (κ3) is 6.38. The fourth-order valence-corrected chi connectivity index (χ4v) is 3.05. The number of anilines is 1. The van der Waals surface area contributed by atoms with Gasteiger partial charge in [0.05, 0.1) is 23.1 Å². The molecule has 0 saturated carbocycles. The molecule has 0 aromatic heterocycles. The third-order valence-electron chi connectivity index (χ3n) is 3.23. The Balaban J connectivity index is 3.42. The number of hydrogen-bond acceptors (Lipinski definition) is 3. The van der Waals surface area contributed by atoms with E-state index in [2.05, 4.69) is 0 Å². The highest BCUT2D eigenvalue weighted by Gasteiger charge is 2.38. The molecule has 0 spiro atoms. The van der Waals surface area contributed by atoms with Crippen molar-refractivity contribution in [1.82, 2.24) is 4.90 Å². The van der Waals surface area contributed by atoms with Gasteiger partial charge in [-0.05, 0) is 45.3 Å². The molecule has 0 bridgehead atoms. The summed E-state index contributed by atoms with van der Waals surface area (Å²) in [4.78, 5) is 1.72. The van der Waals surface area contributed by atoms with Gasteiger partial charge in [0.1, 0.15) is 0 Å². The van der Waals surface area contributed by atoms with Crippen LogP contribution in [0.5, 0.6) is 0 Å². The van der Waals surface area contributed by atoms with Crippen molar-refractivity contribution in [2.24, 2.45) is 0 Å². The van der Waals surface area contributed by atoms with Crippen LogP contribution in [0.25, 0.3) is 0 Å². The van der Waals surface area contributed by atoms with Crippen LogP contribution >= 0.6 is 0 Å². The largest absolute Gasteiger partial charge is 0.416 e. The topological polar surface area (TPSA) is 40.6 Å². The average molecular weight is 392 g/mol. The Morgan fingerprint density at radius 1 is 0.880 bits per heavy atom. The molecule has 1 aromatic carbocycles. The van der Waals surface area contributed by atoms with Gasteiger partial charge in [-0.15, -0.1) is 0 Å². The Morgan fingerprint density at radius 3 is 1.64 bits per heavy atom. The number of benzene rings is 1. The standard InChI is InChI=1S/C14H18F6N2O2S/c1-21(2)5-4-6-22(25(3,23)24)12-8-10(13(15,16)17)7-11(9-12)14(18,19)20/h7-9H,4-6H2,1-3H3. The summed E-state index contributed by atoms with van der Waals surface area (Å²) in [6, 6.07) is 0.779. The Morgan fingerprint density at radius 2 is 1.32 bits per heavy atom. The number of nitrogens with zero attached hydrogens (tertiary/aromatic N) is 2. The van der Waals surface area contributed by atoms with Crippen LogP contribution in [0.15, 0.2) is 18.2 Å². The van der Waals surface area contributed by atoms with Crippen LogP contribution in [-0.4, -0.2) is 46.8 Å². The molecule has 0 unspecified atom stereocenters. The molecule has 25 heavy (non-hydrogen) atoms. The molecule has 0 aliphatic carbocycles. The lowest BCUT2D eigenvalue weighted by Gasteiger charge is -2.25. The van der Waals surface area contributed by atoms with E-state index in [0.717, 1.165) is 6.26 Å². The second-order valence-corrected chi connectivity index (χ2v) is 7.66. The third-order valence-corrected chi connectivity index (χ3v) is 4.42. The smallest absolute Gasteiger partial charge is 0.309 e. The molecule has 1 rings (SSSR count). The van der Waals surface area contributed by atoms with Gasteiger partial charge in [-0.2, -0.15) is 26.3 Å². The van der Waals surface area contributed by atoms with Gasteiger partial charge < -0.3 is 4.90 Å². The minimum atomic E-state index is -5.04. The summed E-state index contributed by atoms with van der Waals surface area (Å²) in [6.07, 6.45) is -9.11. The maximum atomic E-state index is 12.9. The molecule has 0 heterocycles. The zero-order valence-corrected chi connectivity index (χ0v) is 14.6. The number of halogens is 6. The average Bonchev–Trinajstić information content (AvgIpc) is 2.39. The molecule has 0 amide bonds. The summed E-state index contributed by atoms with van der Waals surface area (Å²) >= 11 is 0. The van der Waals surface area contributed by atoms with Gasteiger partial charge in [-0.3, -0.25) is 4.31 Å². The maximum Gasteiger partial charge on any atom is 0.416 e. The molecule has 0 N–H and O–H groups in total. The van der Waals surface area contributed by atoms with Gasteiger partial charge in [0.2, 0.25) is 10.0 Å². The van der Waals surface area contributed by atoms with E-state index in [9.17, 15) is 34.8 Å². The molecular formula is C14H18F6N2O2S. The summed E-state index contributed by atoms with van der Waals surface area (Å²) in [5.74, 6) is 0. The Kier molecular flexibility index (Phi) is 6.38. The van der Waals surface area contributed by atoms with E-state index in [0.29, 0.717) is 23.0 Å². The molecule has 0 aliphatic heterocycles. The summed E-state index contributed by atoms with van der Waals surface area (Å²) in [7, 11) is -0.650. The summed E-state index contributed by atoms with van der Waals surface area (Å²) in [5, 5.41) is 0. The van der Waals surface area contributed by atoms with Crippen LogP contribution in [0.1, 0.15) is 17.5 Å². The van der Waals surface area contributed by atoms with E-state index in [1.807, 2.05) is 0 Å². The maximum absolute atomic E-state index is 12.9. The molecular weight excluding hydrogens is 374 g/mol. The summed E-state index contributed by atoms with van der Waals surface area (Å²) < 4.78 is 102. The van der Waals surface area contributed by atoms with E-state index in [-0.39, 0.29) is 19.0 Å². The van der Waals surface area contributed by atoms with Crippen molar-refractivity contribution in [1.29, 1.82) is 0 Å². The Bertz CT molecular complexity index is 666. The molecule has 1 aromatic rings. The zero-order valence-electron chi connectivity index (χ0n) is 13.7. The van der Waals surface area contributed by atoms with Crippen molar-refractivity contribution in [2.75, 3.05) is 37.7 Å². The molecule has 0 radical (unpaired) electrons. The number of rotatable bonds is 6. The van der Waals surface area contributed by atoms with E-state index >= 15 is 0 Å². The van der Waals surface area contributed by atoms with Gasteiger partial charge >= 0.3 is 12.4 Å². The number of alkyl halides is 6. The molecule has 0 aliphatic rings. The van der Waals surface area contributed by atoms with Crippen molar-refractivity contribution < 1.29 is 34.8 Å². The van der Waals surface area contributed by atoms with Crippen LogP contribution in [-0.2, 0) is 22.4 Å². The number of hydrogen-bond donors (Lipinski definition) is 0. The second kappa shape index (κ2) is 7.40. The quantitative estimate of drug-likeness (QED) is 0.697. The van der Waals surface area contributed by atoms with Crippen LogP contribution in [0.4, 0.5) is 32.0 Å². The van der Waals surface area contributed by atoms with Crippen molar-refractivity contribution >= 4 is 15.7 Å². The molecule has 4 nitrogen and oxygen atoms in total. The normalized spacial score (nSPS) is 13.4. The van der Waals surface area contributed by atoms with Crippen molar-refractivity contribution in [3.63, 3.8) is 0 Å². The lowest BCUT2D eigenvalue weighted by atomic mass is 10.1. The minimum Gasteiger partial charge on any atom is -0.309 e. The van der Waals surface area contributed by atoms with Gasteiger partial charge in [0.25, 0.3) is 0 Å². The first kappa shape index (κ1) is 21.6. The van der Waals surface area contributed by atoms with Crippen molar-refractivity contribution in [3.8, 4) is 0 Å². The molecule has 0 fully saturated rings. The molecule has 0 atom stereocenters. The van der Waals surface area contributed by atoms with Gasteiger partial charge in [0, 0.05) is 6.54 Å². The second-order valence-electron chi connectivity index (χ2n) is 5.76. The van der Waals surface area contributed by atoms with Gasteiger partial charge in [-0.25, -0.2) is 8.42 Å². The fraction of sp³-hybridized carbons (Fsp3) is 0.571. The number of sulfonamides is 1. The molecule has 144 valence electrons. The lowest BCUT2D eigenvalue weighted by molar-refractivity contribution is -0.143. The summed E-state index contributed by atoms with van der Waals surface area (Å²) in [5.41, 5.74) is -3.78. The van der Waals surface area contributed by atoms with Crippen molar-refractivity contribution in [2.45, 2.75) is 18.8 Å². The monoisotopic (exact) mass is 392 g/mol. The summed E-state index contributed by atoms with van der Waals surface area (Å²) in [6.45, 7) is 0.173. The lowest BCUT2D eigenvalue weighted by Crippen LogP contribution is -2.33. The first-order valence-corrected chi connectivity index (χ1v) is 8.89. The first-order valence-electron chi connectivity index (χ1n) is 7.04. The SMILES string of the molecule is CN(C)CCCN(c1cc(C(F)(F)F)cc(C(F)(F)F)c1)S(C)(=O)=O. The highest BCUT2D eigenvalue weighted by molar-refractivity contribution is 7.92. The minimum absolute atomic E-state index is 0.0379. The Hall–Kier alpha value is -1.49. The zero-order chi connectivity index (χ0) is 19.6. The van der Waals surface area contributed by atoms with Crippen LogP contribution in [0, 0.1) is 0 Å². The van der Waals surface area contributed by atoms with Gasteiger partial charge in [-0.1, -0.05) is 0 Å². The van der Waals surface area contributed by atoms with Gasteiger partial charge in [0.15, 0.2) is 0 Å². The van der Waals surface area contributed by atoms with E-state index in [1.54, 1.807) is 19.0 Å². The van der Waals surface area contributed by atoms with Crippen LogP contribution in [0.3, 0.4) is 0 Å². The highest BCUT2D eigenvalue weighted by Crippen LogP contribution is 2.38. The van der Waals surface area contributed by atoms with E-state index < -0.39 is 39.2 Å².